The van der Waals surface area contributed by atoms with E-state index in [2.05, 4.69) is 0 Å². The van der Waals surface area contributed by atoms with E-state index in [1.165, 1.54) is 18.0 Å². The predicted molar refractivity (Wildman–Crippen MR) is 51.8 cm³/mol. The number of aliphatic hydroxyl groups excluding tert-OH is 1. The van der Waals surface area contributed by atoms with E-state index in [1.54, 1.807) is 13.8 Å². The predicted octanol–water partition coefficient (Wildman–Crippen LogP) is 2.84. The van der Waals surface area contributed by atoms with Gasteiger partial charge in [0.15, 0.2) is 0 Å². The van der Waals surface area contributed by atoms with Crippen molar-refractivity contribution < 1.29 is 18.7 Å². The van der Waals surface area contributed by atoms with Crippen molar-refractivity contribution in [1.82, 2.24) is 0 Å². The Bertz CT molecular complexity index is 212. The van der Waals surface area contributed by atoms with Gasteiger partial charge in [0.05, 0.1) is 19.5 Å². The highest BCUT2D eigenvalue weighted by Crippen LogP contribution is 2.49. The molecule has 0 saturated heterocycles. The van der Waals surface area contributed by atoms with Gasteiger partial charge in [0.2, 0.25) is 0 Å². The summed E-state index contributed by atoms with van der Waals surface area (Å²) >= 11 is 0. The summed E-state index contributed by atoms with van der Waals surface area (Å²) in [5, 5.41) is 8.32. The van der Waals surface area contributed by atoms with Crippen molar-refractivity contribution in [2.75, 3.05) is 13.2 Å². The van der Waals surface area contributed by atoms with E-state index >= 15 is 0 Å². The summed E-state index contributed by atoms with van der Waals surface area (Å²) in [6.45, 7) is 4.12. The Morgan fingerprint density at radius 2 is 1.77 bits per heavy atom. The number of hydrogen-bond acceptors (Lipinski definition) is 4. The minimum absolute atomic E-state index is 0.324. The maximum Gasteiger partial charge on any atom is 0.354 e. The molecule has 0 unspecified atom stereocenters. The first-order valence-electron chi connectivity index (χ1n) is 4.06. The maximum absolute atomic E-state index is 11.6. The number of allylic oxidation sites excluding steroid dienone is 2. The van der Waals surface area contributed by atoms with Crippen LogP contribution in [0, 0.1) is 0 Å². The fraction of sp³-hybridized carbons (Fsp3) is 0.500. The van der Waals surface area contributed by atoms with E-state index < -0.39 is 7.60 Å². The summed E-state index contributed by atoms with van der Waals surface area (Å²) in [6.07, 6.45) is 3.61. The van der Waals surface area contributed by atoms with Crippen molar-refractivity contribution in [1.29, 1.82) is 0 Å². The van der Waals surface area contributed by atoms with Crippen molar-refractivity contribution >= 4 is 7.60 Å². The van der Waals surface area contributed by atoms with Crippen molar-refractivity contribution in [3.05, 3.63) is 24.2 Å². The molecule has 0 aliphatic heterocycles. The molecule has 0 saturated carbocycles. The highest BCUT2D eigenvalue weighted by Gasteiger charge is 2.17. The van der Waals surface area contributed by atoms with E-state index in [0.717, 1.165) is 6.26 Å². The van der Waals surface area contributed by atoms with Gasteiger partial charge in [-0.25, -0.2) is 0 Å². The van der Waals surface area contributed by atoms with Crippen LogP contribution in [-0.2, 0) is 13.6 Å². The van der Waals surface area contributed by atoms with Gasteiger partial charge in [0, 0.05) is 5.82 Å². The normalized spacial score (nSPS) is 13.1. The highest BCUT2D eigenvalue weighted by molar-refractivity contribution is 7.57. The van der Waals surface area contributed by atoms with Crippen LogP contribution in [0.5, 0.6) is 0 Å². The minimum Gasteiger partial charge on any atom is -0.516 e. The van der Waals surface area contributed by atoms with E-state index in [0.29, 0.717) is 13.2 Å². The third-order valence-electron chi connectivity index (χ3n) is 1.08. The summed E-state index contributed by atoms with van der Waals surface area (Å²) in [6, 6.07) is 0. The van der Waals surface area contributed by atoms with Gasteiger partial charge < -0.3 is 14.2 Å². The Labute approximate surface area is 78.4 Å². The van der Waals surface area contributed by atoms with Crippen molar-refractivity contribution in [3.63, 3.8) is 0 Å². The van der Waals surface area contributed by atoms with Crippen LogP contribution in [0.3, 0.4) is 0 Å². The molecule has 0 rings (SSSR count). The molecule has 0 radical (unpaired) electrons. The molecule has 0 bridgehead atoms. The third-order valence-corrected chi connectivity index (χ3v) is 2.86. The summed E-state index contributed by atoms with van der Waals surface area (Å²) in [4.78, 5) is 0. The fourth-order valence-corrected chi connectivity index (χ4v) is 1.96. The average molecular weight is 206 g/mol. The molecule has 0 aliphatic rings. The van der Waals surface area contributed by atoms with Crippen LogP contribution in [-0.4, -0.2) is 18.3 Å². The van der Waals surface area contributed by atoms with Gasteiger partial charge >= 0.3 is 7.60 Å². The molecule has 4 nitrogen and oxygen atoms in total. The smallest absolute Gasteiger partial charge is 0.354 e. The second kappa shape index (κ2) is 6.89. The van der Waals surface area contributed by atoms with Gasteiger partial charge in [-0.05, 0) is 19.9 Å². The lowest BCUT2D eigenvalue weighted by Gasteiger charge is -2.11. The monoisotopic (exact) mass is 206 g/mol. The van der Waals surface area contributed by atoms with Crippen molar-refractivity contribution in [2.24, 2.45) is 0 Å². The van der Waals surface area contributed by atoms with E-state index in [9.17, 15) is 4.57 Å². The molecule has 13 heavy (non-hydrogen) atoms. The van der Waals surface area contributed by atoms with Crippen LogP contribution >= 0.6 is 7.60 Å². The molecule has 0 spiro atoms. The first kappa shape index (κ1) is 12.4. The molecule has 0 aromatic heterocycles. The molecule has 1 N–H and O–H groups in total. The number of hydrogen-bond donors (Lipinski definition) is 1. The van der Waals surface area contributed by atoms with Crippen LogP contribution in [0.25, 0.3) is 0 Å². The highest BCUT2D eigenvalue weighted by atomic mass is 31.2. The summed E-state index contributed by atoms with van der Waals surface area (Å²) in [7, 11) is -3.09. The lowest BCUT2D eigenvalue weighted by molar-refractivity contribution is 0.229. The SMILES string of the molecule is CCOP(=O)(/C=C/C=C/O)OCC. The van der Waals surface area contributed by atoms with Crippen LogP contribution in [0.4, 0.5) is 0 Å². The van der Waals surface area contributed by atoms with Gasteiger partial charge in [0.25, 0.3) is 0 Å². The molecule has 0 aromatic carbocycles. The molecule has 5 heteroatoms. The summed E-state index contributed by atoms with van der Waals surface area (Å²) in [5.74, 6) is 1.31. The zero-order valence-electron chi connectivity index (χ0n) is 7.84. The van der Waals surface area contributed by atoms with Gasteiger partial charge in [0.1, 0.15) is 0 Å². The Morgan fingerprint density at radius 1 is 1.23 bits per heavy atom. The molecule has 0 aromatic rings. The molecular formula is C8H15O4P. The largest absolute Gasteiger partial charge is 0.516 e. The molecule has 0 aliphatic carbocycles. The minimum atomic E-state index is -3.09. The zero-order chi connectivity index (χ0) is 10.2. The van der Waals surface area contributed by atoms with Crippen LogP contribution in [0.15, 0.2) is 24.2 Å². The molecule has 0 fully saturated rings. The van der Waals surface area contributed by atoms with Crippen molar-refractivity contribution in [3.8, 4) is 0 Å². The van der Waals surface area contributed by atoms with Gasteiger partial charge in [-0.1, -0.05) is 6.08 Å². The second-order valence-corrected chi connectivity index (χ2v) is 3.95. The van der Waals surface area contributed by atoms with E-state index in [1.807, 2.05) is 0 Å². The fourth-order valence-electron chi connectivity index (χ4n) is 0.688. The first-order valence-corrected chi connectivity index (χ1v) is 5.67. The third kappa shape index (κ3) is 5.64. The Kier molecular flexibility index (Phi) is 6.59. The maximum atomic E-state index is 11.6. The first-order chi connectivity index (χ1) is 6.18. The van der Waals surface area contributed by atoms with E-state index in [-0.39, 0.29) is 0 Å². The van der Waals surface area contributed by atoms with Gasteiger partial charge in [-0.3, -0.25) is 4.57 Å². The molecule has 0 atom stereocenters. The summed E-state index contributed by atoms with van der Waals surface area (Å²) < 4.78 is 21.5. The van der Waals surface area contributed by atoms with Crippen LogP contribution in [0.2, 0.25) is 0 Å². The van der Waals surface area contributed by atoms with Crippen molar-refractivity contribution in [2.45, 2.75) is 13.8 Å². The van der Waals surface area contributed by atoms with Gasteiger partial charge in [-0.15, -0.1) is 0 Å². The lowest BCUT2D eigenvalue weighted by atomic mass is 10.6. The Hall–Kier alpha value is -0.570. The Balaban J connectivity index is 4.31. The number of rotatable bonds is 6. The zero-order valence-corrected chi connectivity index (χ0v) is 8.74. The Morgan fingerprint density at radius 3 is 2.15 bits per heavy atom. The quantitative estimate of drug-likeness (QED) is 0.412. The molecule has 0 heterocycles. The van der Waals surface area contributed by atoms with E-state index in [4.69, 9.17) is 14.2 Å². The topological polar surface area (TPSA) is 55.8 Å². The summed E-state index contributed by atoms with van der Waals surface area (Å²) in [5.41, 5.74) is 0. The lowest BCUT2D eigenvalue weighted by Crippen LogP contribution is -1.92. The average Bonchev–Trinajstić information content (AvgIpc) is 2.05. The molecular weight excluding hydrogens is 191 g/mol. The number of aliphatic hydroxyl groups is 1. The second-order valence-electron chi connectivity index (χ2n) is 2.06. The molecule has 76 valence electrons. The van der Waals surface area contributed by atoms with Crippen LogP contribution < -0.4 is 0 Å². The van der Waals surface area contributed by atoms with Crippen LogP contribution in [0.1, 0.15) is 13.8 Å². The van der Waals surface area contributed by atoms with Gasteiger partial charge in [-0.2, -0.15) is 0 Å². The molecule has 0 amide bonds. The standard InChI is InChI=1S/C8H15O4P/c1-3-11-13(10,12-4-2)8-6-5-7-9/h5-9H,3-4H2,1-2H3/b7-5+,8-6+.